The number of nitrogens with zero attached hydrogens (tertiary/aromatic N) is 1. The molecule has 0 aromatic heterocycles. The van der Waals surface area contributed by atoms with Crippen LogP contribution in [-0.4, -0.2) is 13.2 Å². The van der Waals surface area contributed by atoms with Crippen LogP contribution in [0.5, 0.6) is 0 Å². The molecule has 0 saturated carbocycles. The van der Waals surface area contributed by atoms with Crippen molar-refractivity contribution in [2.24, 2.45) is 11.3 Å². The summed E-state index contributed by atoms with van der Waals surface area (Å²) < 4.78 is 5.31. The second kappa shape index (κ2) is 4.62. The smallest absolute Gasteiger partial charge is 0.0831 e. The zero-order valence-corrected chi connectivity index (χ0v) is 8.68. The maximum Gasteiger partial charge on any atom is 0.0831 e. The number of ether oxygens (including phenoxy) is 1. The van der Waals surface area contributed by atoms with Gasteiger partial charge in [0.15, 0.2) is 0 Å². The minimum absolute atomic E-state index is 0.158. The normalized spacial score (nSPS) is 29.9. The molecule has 2 heteroatoms. The van der Waals surface area contributed by atoms with Crippen LogP contribution in [0.2, 0.25) is 0 Å². The average Bonchev–Trinajstić information content (AvgIpc) is 2.54. The molecule has 1 rings (SSSR count). The van der Waals surface area contributed by atoms with Crippen molar-refractivity contribution < 1.29 is 4.74 Å². The van der Waals surface area contributed by atoms with E-state index in [1.807, 2.05) is 0 Å². The number of rotatable bonds is 4. The van der Waals surface area contributed by atoms with Gasteiger partial charge in [-0.15, -0.1) is 0 Å². The van der Waals surface area contributed by atoms with Gasteiger partial charge in [-0.3, -0.25) is 0 Å². The molecule has 0 bridgehead atoms. The zero-order valence-electron chi connectivity index (χ0n) is 8.68. The van der Waals surface area contributed by atoms with Crippen molar-refractivity contribution in [3.63, 3.8) is 0 Å². The number of nitriles is 1. The van der Waals surface area contributed by atoms with E-state index in [4.69, 9.17) is 10.00 Å². The summed E-state index contributed by atoms with van der Waals surface area (Å²) in [7, 11) is 0. The lowest BCUT2D eigenvalue weighted by Gasteiger charge is -2.22. The van der Waals surface area contributed by atoms with Gasteiger partial charge in [-0.2, -0.15) is 5.26 Å². The minimum atomic E-state index is -0.158. The monoisotopic (exact) mass is 181 g/mol. The van der Waals surface area contributed by atoms with Crippen molar-refractivity contribution in [3.05, 3.63) is 0 Å². The zero-order chi connectivity index (χ0) is 9.73. The standard InChI is InChI=1S/C11H19NO/c1-3-4-10(2)7-11(8-12)5-6-13-9-11/h10H,3-7,9H2,1-2H3. The first-order valence-electron chi connectivity index (χ1n) is 5.21. The molecule has 1 saturated heterocycles. The third-order valence-electron chi connectivity index (χ3n) is 2.86. The van der Waals surface area contributed by atoms with Gasteiger partial charge in [0.25, 0.3) is 0 Å². The highest BCUT2D eigenvalue weighted by Gasteiger charge is 2.36. The molecule has 1 aliphatic heterocycles. The van der Waals surface area contributed by atoms with Crippen molar-refractivity contribution in [1.29, 1.82) is 5.26 Å². The van der Waals surface area contributed by atoms with E-state index in [9.17, 15) is 0 Å². The van der Waals surface area contributed by atoms with Crippen molar-refractivity contribution in [3.8, 4) is 6.07 Å². The van der Waals surface area contributed by atoms with Crippen molar-refractivity contribution in [2.45, 2.75) is 39.5 Å². The van der Waals surface area contributed by atoms with E-state index in [-0.39, 0.29) is 5.41 Å². The molecule has 13 heavy (non-hydrogen) atoms. The van der Waals surface area contributed by atoms with Crippen LogP contribution < -0.4 is 0 Å². The topological polar surface area (TPSA) is 33.0 Å². The van der Waals surface area contributed by atoms with E-state index in [0.717, 1.165) is 19.4 Å². The Hall–Kier alpha value is -0.550. The molecular formula is C11H19NO. The Balaban J connectivity index is 2.44. The van der Waals surface area contributed by atoms with Crippen LogP contribution in [0.4, 0.5) is 0 Å². The summed E-state index contributed by atoms with van der Waals surface area (Å²) in [5.74, 6) is 0.659. The maximum atomic E-state index is 9.10. The van der Waals surface area contributed by atoms with E-state index in [1.165, 1.54) is 12.8 Å². The molecular weight excluding hydrogens is 162 g/mol. The Bertz CT molecular complexity index is 189. The van der Waals surface area contributed by atoms with Crippen molar-refractivity contribution in [1.82, 2.24) is 0 Å². The van der Waals surface area contributed by atoms with Gasteiger partial charge in [0.2, 0.25) is 0 Å². The van der Waals surface area contributed by atoms with Crippen LogP contribution in [0.3, 0.4) is 0 Å². The Morgan fingerprint density at radius 2 is 2.38 bits per heavy atom. The summed E-state index contributed by atoms with van der Waals surface area (Å²) in [6, 6.07) is 2.44. The van der Waals surface area contributed by atoms with Crippen LogP contribution in [0.1, 0.15) is 39.5 Å². The third-order valence-corrected chi connectivity index (χ3v) is 2.86. The van der Waals surface area contributed by atoms with Gasteiger partial charge in [0.05, 0.1) is 18.1 Å². The molecule has 0 aliphatic carbocycles. The molecule has 0 aromatic carbocycles. The fourth-order valence-electron chi connectivity index (χ4n) is 2.16. The van der Waals surface area contributed by atoms with Gasteiger partial charge in [-0.25, -0.2) is 0 Å². The summed E-state index contributed by atoms with van der Waals surface area (Å²) >= 11 is 0. The van der Waals surface area contributed by atoms with E-state index < -0.39 is 0 Å². The summed E-state index contributed by atoms with van der Waals surface area (Å²) in [6.45, 7) is 5.85. The summed E-state index contributed by atoms with van der Waals surface area (Å²) in [6.07, 6.45) is 4.38. The average molecular weight is 181 g/mol. The molecule has 0 aromatic rings. The highest BCUT2D eigenvalue weighted by atomic mass is 16.5. The fourth-order valence-corrected chi connectivity index (χ4v) is 2.16. The van der Waals surface area contributed by atoms with E-state index >= 15 is 0 Å². The molecule has 74 valence electrons. The lowest BCUT2D eigenvalue weighted by atomic mass is 9.79. The van der Waals surface area contributed by atoms with E-state index in [0.29, 0.717) is 12.5 Å². The Morgan fingerprint density at radius 3 is 2.85 bits per heavy atom. The quantitative estimate of drug-likeness (QED) is 0.668. The largest absolute Gasteiger partial charge is 0.380 e. The molecule has 2 nitrogen and oxygen atoms in total. The van der Waals surface area contributed by atoms with Gasteiger partial charge in [-0.05, 0) is 18.8 Å². The van der Waals surface area contributed by atoms with E-state index in [2.05, 4.69) is 19.9 Å². The van der Waals surface area contributed by atoms with Crippen molar-refractivity contribution in [2.75, 3.05) is 13.2 Å². The first-order valence-corrected chi connectivity index (χ1v) is 5.21. The second-order valence-electron chi connectivity index (χ2n) is 4.29. The number of hydrogen-bond acceptors (Lipinski definition) is 2. The molecule has 2 atom stereocenters. The van der Waals surface area contributed by atoms with Gasteiger partial charge < -0.3 is 4.74 Å². The first-order chi connectivity index (χ1) is 6.22. The first kappa shape index (κ1) is 10.5. The fraction of sp³-hybridized carbons (Fsp3) is 0.909. The molecule has 0 spiro atoms. The highest BCUT2D eigenvalue weighted by molar-refractivity contribution is 5.01. The Labute approximate surface area is 80.9 Å². The highest BCUT2D eigenvalue weighted by Crippen LogP contribution is 2.35. The molecule has 1 heterocycles. The molecule has 0 N–H and O–H groups in total. The van der Waals surface area contributed by atoms with Gasteiger partial charge in [-0.1, -0.05) is 26.7 Å². The predicted molar refractivity (Wildman–Crippen MR) is 52.2 cm³/mol. The number of hydrogen-bond donors (Lipinski definition) is 0. The molecule has 2 unspecified atom stereocenters. The van der Waals surface area contributed by atoms with E-state index in [1.54, 1.807) is 0 Å². The van der Waals surface area contributed by atoms with Crippen molar-refractivity contribution >= 4 is 0 Å². The third kappa shape index (κ3) is 2.70. The molecule has 1 fully saturated rings. The maximum absolute atomic E-state index is 9.10. The predicted octanol–water partition coefficient (Wildman–Crippen LogP) is 2.74. The van der Waals surface area contributed by atoms with Crippen LogP contribution in [0.15, 0.2) is 0 Å². The molecule has 0 radical (unpaired) electrons. The summed E-state index contributed by atoms with van der Waals surface area (Å²) in [5, 5.41) is 9.10. The molecule has 1 aliphatic rings. The summed E-state index contributed by atoms with van der Waals surface area (Å²) in [5.41, 5.74) is -0.158. The minimum Gasteiger partial charge on any atom is -0.380 e. The molecule has 0 amide bonds. The SMILES string of the molecule is CCCC(C)CC1(C#N)CCOC1. The van der Waals surface area contributed by atoms with Crippen LogP contribution in [0.25, 0.3) is 0 Å². The van der Waals surface area contributed by atoms with Crippen LogP contribution in [-0.2, 0) is 4.74 Å². The lowest BCUT2D eigenvalue weighted by Crippen LogP contribution is -2.21. The second-order valence-corrected chi connectivity index (χ2v) is 4.29. The van der Waals surface area contributed by atoms with Gasteiger partial charge in [0, 0.05) is 6.61 Å². The Morgan fingerprint density at radius 1 is 1.62 bits per heavy atom. The Kier molecular flexibility index (Phi) is 3.74. The summed E-state index contributed by atoms with van der Waals surface area (Å²) in [4.78, 5) is 0. The van der Waals surface area contributed by atoms with Crippen LogP contribution >= 0.6 is 0 Å². The van der Waals surface area contributed by atoms with Crippen LogP contribution in [0, 0.1) is 22.7 Å². The van der Waals surface area contributed by atoms with Gasteiger partial charge >= 0.3 is 0 Å². The lowest BCUT2D eigenvalue weighted by molar-refractivity contribution is 0.160. The van der Waals surface area contributed by atoms with Gasteiger partial charge in [0.1, 0.15) is 0 Å².